The normalized spacial score (nSPS) is 10.3. The van der Waals surface area contributed by atoms with Gasteiger partial charge in [0.1, 0.15) is 5.75 Å². The summed E-state index contributed by atoms with van der Waals surface area (Å²) in [7, 11) is 1.61. The first kappa shape index (κ1) is 17.0. The van der Waals surface area contributed by atoms with Crippen LogP contribution in [-0.4, -0.2) is 18.8 Å². The molecule has 22 heavy (non-hydrogen) atoms. The summed E-state index contributed by atoms with van der Waals surface area (Å²) in [6, 6.07) is 12.6. The highest BCUT2D eigenvalue weighted by molar-refractivity contribution is 7.99. The Bertz CT molecular complexity index is 664. The highest BCUT2D eigenvalue weighted by atomic mass is 35.5. The smallest absolute Gasteiger partial charge is 0.234 e. The number of benzene rings is 2. The number of methoxy groups -OCH3 is 1. The van der Waals surface area contributed by atoms with Crippen LogP contribution in [0.25, 0.3) is 0 Å². The van der Waals surface area contributed by atoms with Crippen LogP contribution in [0.3, 0.4) is 0 Å². The van der Waals surface area contributed by atoms with E-state index in [4.69, 9.17) is 27.9 Å². The van der Waals surface area contributed by atoms with E-state index in [0.717, 1.165) is 11.3 Å². The number of hydrogen-bond acceptors (Lipinski definition) is 3. The fourth-order valence-electron chi connectivity index (χ4n) is 1.86. The topological polar surface area (TPSA) is 38.3 Å². The van der Waals surface area contributed by atoms with Crippen molar-refractivity contribution in [3.63, 3.8) is 0 Å². The SMILES string of the molecule is COc1ccc(Cl)cc1CSCC(=O)Nc1ccccc1Cl. The van der Waals surface area contributed by atoms with Crippen molar-refractivity contribution in [1.82, 2.24) is 0 Å². The van der Waals surface area contributed by atoms with Crippen LogP contribution in [0.2, 0.25) is 10.0 Å². The molecule has 0 saturated heterocycles. The molecule has 0 bridgehead atoms. The molecule has 3 nitrogen and oxygen atoms in total. The second-order valence-electron chi connectivity index (χ2n) is 4.48. The van der Waals surface area contributed by atoms with E-state index < -0.39 is 0 Å². The van der Waals surface area contributed by atoms with Crippen LogP contribution in [0.5, 0.6) is 5.75 Å². The van der Waals surface area contributed by atoms with Crippen molar-refractivity contribution in [3.8, 4) is 5.75 Å². The molecule has 0 aliphatic rings. The average molecular weight is 356 g/mol. The fraction of sp³-hybridized carbons (Fsp3) is 0.188. The summed E-state index contributed by atoms with van der Waals surface area (Å²) in [5, 5.41) is 3.96. The Kier molecular flexibility index (Phi) is 6.43. The molecule has 0 unspecified atom stereocenters. The Morgan fingerprint density at radius 1 is 1.23 bits per heavy atom. The average Bonchev–Trinajstić information content (AvgIpc) is 2.50. The van der Waals surface area contributed by atoms with Gasteiger partial charge in [-0.2, -0.15) is 0 Å². The first-order valence-corrected chi connectivity index (χ1v) is 8.45. The van der Waals surface area contributed by atoms with Crippen molar-refractivity contribution in [2.24, 2.45) is 0 Å². The highest BCUT2D eigenvalue weighted by Crippen LogP contribution is 2.27. The third-order valence-electron chi connectivity index (χ3n) is 2.88. The zero-order chi connectivity index (χ0) is 15.9. The summed E-state index contributed by atoms with van der Waals surface area (Å²) in [6.45, 7) is 0. The van der Waals surface area contributed by atoms with E-state index in [9.17, 15) is 4.79 Å². The molecule has 0 fully saturated rings. The Morgan fingerprint density at radius 2 is 2.00 bits per heavy atom. The van der Waals surface area contributed by atoms with Crippen molar-refractivity contribution in [2.75, 3.05) is 18.2 Å². The van der Waals surface area contributed by atoms with Crippen molar-refractivity contribution in [3.05, 3.63) is 58.1 Å². The Balaban J connectivity index is 1.87. The minimum absolute atomic E-state index is 0.0981. The predicted molar refractivity (Wildman–Crippen MR) is 94.2 cm³/mol. The molecule has 0 aliphatic heterocycles. The first-order valence-electron chi connectivity index (χ1n) is 6.54. The second-order valence-corrected chi connectivity index (χ2v) is 6.31. The number of nitrogens with one attached hydrogen (secondary N) is 1. The van der Waals surface area contributed by atoms with Gasteiger partial charge in [0.2, 0.25) is 5.91 Å². The number of thioether (sulfide) groups is 1. The first-order chi connectivity index (χ1) is 10.6. The van der Waals surface area contributed by atoms with Gasteiger partial charge < -0.3 is 10.1 Å². The van der Waals surface area contributed by atoms with E-state index in [0.29, 0.717) is 27.2 Å². The van der Waals surface area contributed by atoms with E-state index in [-0.39, 0.29) is 5.91 Å². The van der Waals surface area contributed by atoms with Crippen LogP contribution in [0.4, 0.5) is 5.69 Å². The number of halogens is 2. The Morgan fingerprint density at radius 3 is 2.73 bits per heavy atom. The van der Waals surface area contributed by atoms with Crippen LogP contribution >= 0.6 is 35.0 Å². The zero-order valence-corrected chi connectivity index (χ0v) is 14.3. The maximum atomic E-state index is 11.9. The van der Waals surface area contributed by atoms with Crippen molar-refractivity contribution in [2.45, 2.75) is 5.75 Å². The maximum Gasteiger partial charge on any atom is 0.234 e. The third kappa shape index (κ3) is 4.83. The number of hydrogen-bond donors (Lipinski definition) is 1. The number of rotatable bonds is 6. The monoisotopic (exact) mass is 355 g/mol. The van der Waals surface area contributed by atoms with E-state index in [1.54, 1.807) is 25.3 Å². The van der Waals surface area contributed by atoms with Gasteiger partial charge in [-0.1, -0.05) is 35.3 Å². The lowest BCUT2D eigenvalue weighted by molar-refractivity contribution is -0.113. The molecule has 0 saturated carbocycles. The molecular formula is C16H15Cl2NO2S. The molecule has 2 aromatic rings. The quantitative estimate of drug-likeness (QED) is 0.802. The minimum Gasteiger partial charge on any atom is -0.496 e. The van der Waals surface area contributed by atoms with E-state index in [1.807, 2.05) is 24.3 Å². The summed E-state index contributed by atoms with van der Waals surface area (Å²) in [5.74, 6) is 1.63. The lowest BCUT2D eigenvalue weighted by atomic mass is 10.2. The number of amides is 1. The zero-order valence-electron chi connectivity index (χ0n) is 11.9. The summed E-state index contributed by atoms with van der Waals surface area (Å²) in [5.41, 5.74) is 1.58. The van der Waals surface area contributed by atoms with E-state index >= 15 is 0 Å². The molecule has 0 atom stereocenters. The lowest BCUT2D eigenvalue weighted by Crippen LogP contribution is -2.14. The minimum atomic E-state index is -0.0981. The van der Waals surface area contributed by atoms with Crippen LogP contribution in [0, 0.1) is 0 Å². The summed E-state index contributed by atoms with van der Waals surface area (Å²) in [6.07, 6.45) is 0. The molecule has 0 aliphatic carbocycles. The molecule has 2 rings (SSSR count). The van der Waals surface area contributed by atoms with Crippen LogP contribution in [0.1, 0.15) is 5.56 Å². The Hall–Kier alpha value is -1.36. The van der Waals surface area contributed by atoms with Gasteiger partial charge in [-0.3, -0.25) is 4.79 Å². The number of anilines is 1. The van der Waals surface area contributed by atoms with Gasteiger partial charge in [0.05, 0.1) is 23.6 Å². The molecule has 1 N–H and O–H groups in total. The van der Waals surface area contributed by atoms with Gasteiger partial charge >= 0.3 is 0 Å². The predicted octanol–water partition coefficient (Wildman–Crippen LogP) is 4.87. The summed E-state index contributed by atoms with van der Waals surface area (Å²) >= 11 is 13.5. The summed E-state index contributed by atoms with van der Waals surface area (Å²) in [4.78, 5) is 11.9. The standard InChI is InChI=1S/C16H15Cl2NO2S/c1-21-15-7-6-12(17)8-11(15)9-22-10-16(20)19-14-5-3-2-4-13(14)18/h2-8H,9-10H2,1H3,(H,19,20). The Labute approximate surface area is 144 Å². The van der Waals surface area contributed by atoms with Crippen molar-refractivity contribution in [1.29, 1.82) is 0 Å². The molecule has 0 aromatic heterocycles. The highest BCUT2D eigenvalue weighted by Gasteiger charge is 2.08. The van der Waals surface area contributed by atoms with Gasteiger partial charge in [-0.25, -0.2) is 0 Å². The summed E-state index contributed by atoms with van der Waals surface area (Å²) < 4.78 is 5.28. The van der Waals surface area contributed by atoms with Gasteiger partial charge in [-0.05, 0) is 30.3 Å². The number of ether oxygens (including phenoxy) is 1. The number of carbonyl (C=O) groups excluding carboxylic acids is 1. The molecule has 1 amide bonds. The fourth-order valence-corrected chi connectivity index (χ4v) is 3.05. The molecule has 2 aromatic carbocycles. The van der Waals surface area contributed by atoms with Crippen molar-refractivity contribution < 1.29 is 9.53 Å². The molecule has 6 heteroatoms. The second kappa shape index (κ2) is 8.32. The molecule has 0 radical (unpaired) electrons. The van der Waals surface area contributed by atoms with Crippen LogP contribution in [-0.2, 0) is 10.5 Å². The number of para-hydroxylation sites is 1. The van der Waals surface area contributed by atoms with E-state index in [1.165, 1.54) is 11.8 Å². The van der Waals surface area contributed by atoms with Gasteiger partial charge in [-0.15, -0.1) is 11.8 Å². The molecule has 0 spiro atoms. The van der Waals surface area contributed by atoms with E-state index in [2.05, 4.69) is 5.32 Å². The largest absolute Gasteiger partial charge is 0.496 e. The van der Waals surface area contributed by atoms with Crippen LogP contribution in [0.15, 0.2) is 42.5 Å². The van der Waals surface area contributed by atoms with Gasteiger partial charge in [0.15, 0.2) is 0 Å². The molecule has 0 heterocycles. The van der Waals surface area contributed by atoms with Gasteiger partial charge in [0, 0.05) is 16.3 Å². The lowest BCUT2D eigenvalue weighted by Gasteiger charge is -2.09. The maximum absolute atomic E-state index is 11.9. The van der Waals surface area contributed by atoms with Crippen LogP contribution < -0.4 is 10.1 Å². The molecular weight excluding hydrogens is 341 g/mol. The third-order valence-corrected chi connectivity index (χ3v) is 4.43. The van der Waals surface area contributed by atoms with Gasteiger partial charge in [0.25, 0.3) is 0 Å². The molecule has 116 valence electrons. The number of carbonyl (C=O) groups is 1. The van der Waals surface area contributed by atoms with Crippen molar-refractivity contribution >= 4 is 46.6 Å².